The molecule has 0 spiro atoms. The van der Waals surface area contributed by atoms with Crippen LogP contribution in [0.5, 0.6) is 0 Å². The van der Waals surface area contributed by atoms with Gasteiger partial charge in [-0.25, -0.2) is 4.79 Å². The van der Waals surface area contributed by atoms with Crippen LogP contribution in [0.25, 0.3) is 0 Å². The Labute approximate surface area is 94.0 Å². The summed E-state index contributed by atoms with van der Waals surface area (Å²) in [5.74, 6) is -0.502. The molecular formula is C11H16O5. The van der Waals surface area contributed by atoms with Crippen molar-refractivity contribution in [3.05, 3.63) is 23.7 Å². The van der Waals surface area contributed by atoms with Crippen LogP contribution in [-0.4, -0.2) is 30.4 Å². The highest BCUT2D eigenvalue weighted by atomic mass is 16.5. The molecule has 0 bridgehead atoms. The predicted octanol–water partition coefficient (Wildman–Crippen LogP) is 1.92. The summed E-state index contributed by atoms with van der Waals surface area (Å²) in [6, 6.07) is 1.45. The fourth-order valence-electron chi connectivity index (χ4n) is 1.12. The minimum atomic E-state index is -1.00. The molecule has 1 atom stereocenters. The van der Waals surface area contributed by atoms with Crippen LogP contribution >= 0.6 is 0 Å². The molecule has 0 radical (unpaired) electrons. The van der Waals surface area contributed by atoms with Crippen molar-refractivity contribution in [2.24, 2.45) is 0 Å². The van der Waals surface area contributed by atoms with Gasteiger partial charge in [-0.05, 0) is 19.9 Å². The molecular weight excluding hydrogens is 212 g/mol. The van der Waals surface area contributed by atoms with Crippen molar-refractivity contribution >= 4 is 5.97 Å². The van der Waals surface area contributed by atoms with Gasteiger partial charge in [0.2, 0.25) is 0 Å². The molecule has 1 unspecified atom stereocenters. The van der Waals surface area contributed by atoms with Crippen LogP contribution in [0, 0.1) is 0 Å². The van der Waals surface area contributed by atoms with E-state index in [0.29, 0.717) is 19.0 Å². The number of ether oxygens (including phenoxy) is 2. The second kappa shape index (κ2) is 6.30. The maximum absolute atomic E-state index is 10.6. The summed E-state index contributed by atoms with van der Waals surface area (Å²) in [7, 11) is 0. The van der Waals surface area contributed by atoms with Crippen LogP contribution in [0.4, 0.5) is 0 Å². The molecule has 1 aromatic rings. The van der Waals surface area contributed by atoms with Crippen molar-refractivity contribution < 1.29 is 23.8 Å². The van der Waals surface area contributed by atoms with Gasteiger partial charge in [-0.1, -0.05) is 0 Å². The predicted molar refractivity (Wildman–Crippen MR) is 56.4 cm³/mol. The molecule has 0 saturated carbocycles. The summed E-state index contributed by atoms with van der Waals surface area (Å²) >= 11 is 0. The van der Waals surface area contributed by atoms with Crippen molar-refractivity contribution in [1.82, 2.24) is 0 Å². The average molecular weight is 228 g/mol. The Morgan fingerprint density at radius 3 is 2.94 bits per heavy atom. The third-order valence-corrected chi connectivity index (χ3v) is 1.97. The molecule has 90 valence electrons. The molecule has 0 aromatic carbocycles. The van der Waals surface area contributed by atoms with Crippen molar-refractivity contribution in [2.45, 2.75) is 26.6 Å². The molecule has 0 amide bonds. The maximum atomic E-state index is 10.6. The summed E-state index contributed by atoms with van der Waals surface area (Å²) in [5, 5.41) is 8.67. The van der Waals surface area contributed by atoms with Gasteiger partial charge in [0.1, 0.15) is 18.6 Å². The number of aromatic carboxylic acids is 1. The fraction of sp³-hybridized carbons (Fsp3) is 0.545. The van der Waals surface area contributed by atoms with Crippen LogP contribution < -0.4 is 0 Å². The number of carboxylic acids is 1. The van der Waals surface area contributed by atoms with Crippen molar-refractivity contribution in [2.75, 3.05) is 13.2 Å². The van der Waals surface area contributed by atoms with E-state index in [0.717, 1.165) is 0 Å². The van der Waals surface area contributed by atoms with Gasteiger partial charge in [0.05, 0.1) is 18.3 Å². The van der Waals surface area contributed by atoms with Crippen LogP contribution in [0.15, 0.2) is 16.7 Å². The molecule has 0 aliphatic rings. The first-order chi connectivity index (χ1) is 7.63. The smallest absolute Gasteiger partial charge is 0.338 e. The lowest BCUT2D eigenvalue weighted by Crippen LogP contribution is -2.15. The summed E-state index contributed by atoms with van der Waals surface area (Å²) in [4.78, 5) is 10.6. The highest BCUT2D eigenvalue weighted by Crippen LogP contribution is 2.10. The summed E-state index contributed by atoms with van der Waals surface area (Å²) < 4.78 is 15.6. The van der Waals surface area contributed by atoms with E-state index in [-0.39, 0.29) is 18.3 Å². The Morgan fingerprint density at radius 2 is 2.38 bits per heavy atom. The lowest BCUT2D eigenvalue weighted by atomic mass is 10.3. The number of carbonyl (C=O) groups is 1. The van der Waals surface area contributed by atoms with Gasteiger partial charge in [-0.2, -0.15) is 0 Å². The van der Waals surface area contributed by atoms with Gasteiger partial charge >= 0.3 is 5.97 Å². The molecule has 0 aliphatic carbocycles. The normalized spacial score (nSPS) is 12.6. The van der Waals surface area contributed by atoms with Gasteiger partial charge in [0.15, 0.2) is 0 Å². The van der Waals surface area contributed by atoms with Crippen molar-refractivity contribution in [3.8, 4) is 0 Å². The van der Waals surface area contributed by atoms with Crippen LogP contribution in [-0.2, 0) is 16.1 Å². The van der Waals surface area contributed by atoms with Crippen LogP contribution in [0.3, 0.4) is 0 Å². The van der Waals surface area contributed by atoms with Gasteiger partial charge in [-0.15, -0.1) is 0 Å². The second-order valence-corrected chi connectivity index (χ2v) is 3.39. The topological polar surface area (TPSA) is 68.9 Å². The lowest BCUT2D eigenvalue weighted by molar-refractivity contribution is -0.0170. The third kappa shape index (κ3) is 4.04. The number of hydrogen-bond acceptors (Lipinski definition) is 4. The molecule has 16 heavy (non-hydrogen) atoms. The molecule has 1 aromatic heterocycles. The maximum Gasteiger partial charge on any atom is 0.338 e. The zero-order chi connectivity index (χ0) is 12.0. The molecule has 5 heteroatoms. The minimum absolute atomic E-state index is 0.0432. The van der Waals surface area contributed by atoms with Gasteiger partial charge in [0, 0.05) is 6.61 Å². The Bertz CT molecular complexity index is 331. The number of furan rings is 1. The summed E-state index contributed by atoms with van der Waals surface area (Å²) in [6.45, 7) is 5.22. The van der Waals surface area contributed by atoms with E-state index < -0.39 is 5.97 Å². The first-order valence-corrected chi connectivity index (χ1v) is 5.13. The zero-order valence-electron chi connectivity index (χ0n) is 9.43. The lowest BCUT2D eigenvalue weighted by Gasteiger charge is -2.11. The van der Waals surface area contributed by atoms with E-state index in [1.54, 1.807) is 0 Å². The Kier molecular flexibility index (Phi) is 5.01. The largest absolute Gasteiger partial charge is 0.478 e. The van der Waals surface area contributed by atoms with E-state index in [1.165, 1.54) is 12.3 Å². The highest BCUT2D eigenvalue weighted by molar-refractivity contribution is 5.87. The Hall–Kier alpha value is -1.33. The van der Waals surface area contributed by atoms with Crippen LogP contribution in [0.1, 0.15) is 30.0 Å². The van der Waals surface area contributed by atoms with Crippen LogP contribution in [0.2, 0.25) is 0 Å². The molecule has 0 aliphatic heterocycles. The van der Waals surface area contributed by atoms with Gasteiger partial charge in [0.25, 0.3) is 0 Å². The molecule has 1 rings (SSSR count). The van der Waals surface area contributed by atoms with E-state index in [1.807, 2.05) is 13.8 Å². The number of hydrogen-bond donors (Lipinski definition) is 1. The first-order valence-electron chi connectivity index (χ1n) is 5.13. The van der Waals surface area contributed by atoms with E-state index >= 15 is 0 Å². The van der Waals surface area contributed by atoms with Gasteiger partial charge < -0.3 is 19.0 Å². The average Bonchev–Trinajstić information content (AvgIpc) is 2.72. The number of rotatable bonds is 7. The summed E-state index contributed by atoms with van der Waals surface area (Å²) in [5.41, 5.74) is 0.135. The quantitative estimate of drug-likeness (QED) is 0.772. The van der Waals surface area contributed by atoms with Crippen molar-refractivity contribution in [1.29, 1.82) is 0 Å². The molecule has 0 saturated heterocycles. The first kappa shape index (κ1) is 12.7. The van der Waals surface area contributed by atoms with E-state index in [2.05, 4.69) is 0 Å². The summed E-state index contributed by atoms with van der Waals surface area (Å²) in [6.07, 6.45) is 1.16. The SMILES string of the molecule is CCOCC(C)OCc1cc(C(=O)O)co1. The van der Waals surface area contributed by atoms with E-state index in [4.69, 9.17) is 19.0 Å². The Morgan fingerprint density at radius 1 is 1.62 bits per heavy atom. The van der Waals surface area contributed by atoms with E-state index in [9.17, 15) is 4.79 Å². The zero-order valence-corrected chi connectivity index (χ0v) is 9.43. The third-order valence-electron chi connectivity index (χ3n) is 1.97. The standard InChI is InChI=1S/C11H16O5/c1-3-14-5-8(2)15-7-10-4-9(6-16-10)11(12)13/h4,6,8H,3,5,7H2,1-2H3,(H,12,13). The monoisotopic (exact) mass is 228 g/mol. The van der Waals surface area contributed by atoms with Gasteiger partial charge in [-0.3, -0.25) is 0 Å². The highest BCUT2D eigenvalue weighted by Gasteiger charge is 2.09. The Balaban J connectivity index is 2.33. The molecule has 1 heterocycles. The molecule has 5 nitrogen and oxygen atoms in total. The second-order valence-electron chi connectivity index (χ2n) is 3.39. The number of carboxylic acid groups (broad SMARTS) is 1. The molecule has 0 fully saturated rings. The van der Waals surface area contributed by atoms with Crippen molar-refractivity contribution in [3.63, 3.8) is 0 Å². The fourth-order valence-corrected chi connectivity index (χ4v) is 1.12. The minimum Gasteiger partial charge on any atom is -0.478 e. The molecule has 1 N–H and O–H groups in total.